The van der Waals surface area contributed by atoms with E-state index in [2.05, 4.69) is 33.1 Å². The molecule has 0 bridgehead atoms. The van der Waals surface area contributed by atoms with E-state index in [0.29, 0.717) is 38.6 Å². The molecule has 0 radical (unpaired) electrons. The Morgan fingerprint density at radius 1 is 1.17 bits per heavy atom. The highest BCUT2D eigenvalue weighted by Gasteiger charge is 2.17. The van der Waals surface area contributed by atoms with Crippen LogP contribution in [0, 0.1) is 0 Å². The van der Waals surface area contributed by atoms with Gasteiger partial charge in [0.25, 0.3) is 0 Å². The number of urea groups is 1. The number of thiol groups is 1. The van der Waals surface area contributed by atoms with Crippen molar-refractivity contribution >= 4 is 64.6 Å². The summed E-state index contributed by atoms with van der Waals surface area (Å²) in [6.07, 6.45) is 1.69. The Labute approximate surface area is 187 Å². The molecule has 2 aromatic heterocycles. The molecule has 7 nitrogen and oxygen atoms in total. The van der Waals surface area contributed by atoms with Crippen molar-refractivity contribution in [3.8, 4) is 17.1 Å². The highest BCUT2D eigenvalue weighted by atomic mass is 35.5. The van der Waals surface area contributed by atoms with E-state index in [1.165, 1.54) is 7.11 Å². The van der Waals surface area contributed by atoms with Gasteiger partial charge >= 0.3 is 6.03 Å². The van der Waals surface area contributed by atoms with Gasteiger partial charge in [0.2, 0.25) is 0 Å². The van der Waals surface area contributed by atoms with Gasteiger partial charge in [-0.05, 0) is 48.5 Å². The second kappa shape index (κ2) is 8.43. The van der Waals surface area contributed by atoms with Crippen LogP contribution in [-0.4, -0.2) is 28.1 Å². The third-order valence-corrected chi connectivity index (χ3v) is 5.10. The van der Waals surface area contributed by atoms with E-state index in [-0.39, 0.29) is 0 Å². The van der Waals surface area contributed by atoms with Crippen molar-refractivity contribution in [2.45, 2.75) is 0 Å². The molecular formula is C20H15Cl2N5O2S. The van der Waals surface area contributed by atoms with Crippen LogP contribution >= 0.6 is 36.0 Å². The number of hydrogen-bond acceptors (Lipinski definition) is 5. The number of aromatic amines is 1. The number of pyridine rings is 1. The maximum Gasteiger partial charge on any atom is 0.336 e. The predicted molar refractivity (Wildman–Crippen MR) is 123 cm³/mol. The summed E-state index contributed by atoms with van der Waals surface area (Å²) in [5.41, 5.74) is 3.04. The van der Waals surface area contributed by atoms with Gasteiger partial charge in [-0.1, -0.05) is 36.0 Å². The summed E-state index contributed by atoms with van der Waals surface area (Å²) in [4.78, 5) is 24.7. The SMILES string of the molecule is COc1ccc(-c2nc3cccnc3[nH]2)cc1NC(=O)N(S)c1cc(Cl)cc(Cl)c1. The molecule has 0 spiro atoms. The molecule has 152 valence electrons. The lowest BCUT2D eigenvalue weighted by atomic mass is 10.1. The molecule has 0 atom stereocenters. The minimum atomic E-state index is -0.515. The maximum absolute atomic E-state index is 12.8. The molecule has 0 aliphatic heterocycles. The fourth-order valence-electron chi connectivity index (χ4n) is 2.88. The van der Waals surface area contributed by atoms with Gasteiger partial charge in [-0.2, -0.15) is 0 Å². The summed E-state index contributed by atoms with van der Waals surface area (Å²) in [6, 6.07) is 13.2. The number of carbonyl (C=O) groups excluding carboxylic acids is 1. The zero-order valence-electron chi connectivity index (χ0n) is 15.6. The molecule has 0 aliphatic rings. The van der Waals surface area contributed by atoms with Crippen LogP contribution in [0.25, 0.3) is 22.6 Å². The number of benzene rings is 2. The lowest BCUT2D eigenvalue weighted by Crippen LogP contribution is -2.27. The van der Waals surface area contributed by atoms with E-state index in [1.807, 2.05) is 18.2 Å². The first-order chi connectivity index (χ1) is 14.4. The number of methoxy groups -OCH3 is 1. The molecule has 10 heteroatoms. The molecule has 0 aliphatic carbocycles. The summed E-state index contributed by atoms with van der Waals surface area (Å²) in [5, 5.41) is 3.57. The summed E-state index contributed by atoms with van der Waals surface area (Å²) in [6.45, 7) is 0. The Kier molecular flexibility index (Phi) is 5.72. The molecule has 2 heterocycles. The van der Waals surface area contributed by atoms with Crippen LogP contribution in [-0.2, 0) is 0 Å². The van der Waals surface area contributed by atoms with E-state index in [0.717, 1.165) is 15.4 Å². The number of ether oxygens (including phenoxy) is 1. The average molecular weight is 460 g/mol. The summed E-state index contributed by atoms with van der Waals surface area (Å²) < 4.78 is 6.48. The second-order valence-electron chi connectivity index (χ2n) is 6.24. The zero-order chi connectivity index (χ0) is 21.3. The first-order valence-electron chi connectivity index (χ1n) is 8.70. The van der Waals surface area contributed by atoms with E-state index in [4.69, 9.17) is 27.9 Å². The number of anilines is 2. The number of nitrogens with zero attached hydrogens (tertiary/aromatic N) is 3. The van der Waals surface area contributed by atoms with Crippen molar-refractivity contribution in [3.05, 3.63) is 64.8 Å². The van der Waals surface area contributed by atoms with Crippen LogP contribution in [0.4, 0.5) is 16.2 Å². The summed E-state index contributed by atoms with van der Waals surface area (Å²) in [7, 11) is 1.52. The van der Waals surface area contributed by atoms with E-state index in [1.54, 1.807) is 36.5 Å². The van der Waals surface area contributed by atoms with Gasteiger partial charge < -0.3 is 15.0 Å². The van der Waals surface area contributed by atoms with Gasteiger partial charge in [-0.3, -0.25) is 0 Å². The van der Waals surface area contributed by atoms with Crippen molar-refractivity contribution in [2.75, 3.05) is 16.7 Å². The van der Waals surface area contributed by atoms with Gasteiger partial charge in [0.15, 0.2) is 5.65 Å². The third-order valence-electron chi connectivity index (χ3n) is 4.25. The van der Waals surface area contributed by atoms with Crippen LogP contribution in [0.5, 0.6) is 5.75 Å². The number of aromatic nitrogens is 3. The molecule has 0 fully saturated rings. The quantitative estimate of drug-likeness (QED) is 0.335. The number of amides is 2. The first-order valence-corrected chi connectivity index (χ1v) is 9.85. The van der Waals surface area contributed by atoms with Gasteiger partial charge in [0.1, 0.15) is 17.1 Å². The Balaban J connectivity index is 1.64. The second-order valence-corrected chi connectivity index (χ2v) is 7.51. The normalized spacial score (nSPS) is 10.8. The van der Waals surface area contributed by atoms with Crippen molar-refractivity contribution in [1.29, 1.82) is 0 Å². The highest BCUT2D eigenvalue weighted by molar-refractivity contribution is 7.82. The first kappa shape index (κ1) is 20.3. The van der Waals surface area contributed by atoms with Crippen molar-refractivity contribution in [2.24, 2.45) is 0 Å². The van der Waals surface area contributed by atoms with Crippen LogP contribution in [0.3, 0.4) is 0 Å². The topological polar surface area (TPSA) is 83.1 Å². The summed E-state index contributed by atoms with van der Waals surface area (Å²) in [5.74, 6) is 1.10. The fourth-order valence-corrected chi connectivity index (χ4v) is 3.56. The Morgan fingerprint density at radius 3 is 2.63 bits per heavy atom. The molecule has 4 aromatic rings. The molecule has 0 saturated heterocycles. The lowest BCUT2D eigenvalue weighted by Gasteiger charge is -2.18. The molecule has 2 aromatic carbocycles. The molecule has 4 rings (SSSR count). The van der Waals surface area contributed by atoms with Crippen LogP contribution in [0.2, 0.25) is 10.0 Å². The number of imidazole rings is 1. The Bertz CT molecular complexity index is 1190. The number of nitrogens with one attached hydrogen (secondary N) is 2. The van der Waals surface area contributed by atoms with Crippen LogP contribution in [0.15, 0.2) is 54.7 Å². The molecular weight excluding hydrogens is 445 g/mol. The minimum absolute atomic E-state index is 0.391. The molecule has 0 unspecified atom stereocenters. The fraction of sp³-hybridized carbons (Fsp3) is 0.0500. The largest absolute Gasteiger partial charge is 0.495 e. The number of halogens is 2. The van der Waals surface area contributed by atoms with Crippen LogP contribution < -0.4 is 14.4 Å². The van der Waals surface area contributed by atoms with Gasteiger partial charge in [0.05, 0.1) is 18.5 Å². The van der Waals surface area contributed by atoms with Gasteiger partial charge in [0, 0.05) is 21.8 Å². The number of hydrogen-bond donors (Lipinski definition) is 3. The van der Waals surface area contributed by atoms with Crippen molar-refractivity contribution < 1.29 is 9.53 Å². The van der Waals surface area contributed by atoms with E-state index in [9.17, 15) is 4.79 Å². The predicted octanol–water partition coefficient (Wildman–Crippen LogP) is 5.82. The number of H-pyrrole nitrogens is 1. The highest BCUT2D eigenvalue weighted by Crippen LogP contribution is 2.32. The number of rotatable bonds is 4. The minimum Gasteiger partial charge on any atom is -0.495 e. The Morgan fingerprint density at radius 2 is 1.93 bits per heavy atom. The maximum atomic E-state index is 12.8. The number of fused-ring (bicyclic) bond motifs is 1. The molecule has 2 N–H and O–H groups in total. The van der Waals surface area contributed by atoms with Gasteiger partial charge in [-0.15, -0.1) is 0 Å². The van der Waals surface area contributed by atoms with Gasteiger partial charge in [-0.25, -0.2) is 19.1 Å². The zero-order valence-corrected chi connectivity index (χ0v) is 18.0. The average Bonchev–Trinajstić information content (AvgIpc) is 3.16. The Hall–Kier alpha value is -2.94. The van der Waals surface area contributed by atoms with Crippen LogP contribution in [0.1, 0.15) is 0 Å². The molecule has 2 amide bonds. The lowest BCUT2D eigenvalue weighted by molar-refractivity contribution is 0.260. The monoisotopic (exact) mass is 459 g/mol. The smallest absolute Gasteiger partial charge is 0.336 e. The number of carbonyl (C=O) groups is 1. The van der Waals surface area contributed by atoms with Crippen molar-refractivity contribution in [3.63, 3.8) is 0 Å². The standard InChI is InChI=1S/C20H15Cl2N5O2S/c1-29-17-5-4-11(18-24-15-3-2-6-23-19(15)26-18)7-16(17)25-20(28)27(30)14-9-12(21)8-13(22)10-14/h2-10,30H,1H3,(H,25,28)(H,23,24,26). The third kappa shape index (κ3) is 4.16. The van der Waals surface area contributed by atoms with E-state index < -0.39 is 6.03 Å². The van der Waals surface area contributed by atoms with Crippen molar-refractivity contribution in [1.82, 2.24) is 15.0 Å². The molecule has 0 saturated carbocycles. The van der Waals surface area contributed by atoms with E-state index >= 15 is 0 Å². The summed E-state index contributed by atoms with van der Waals surface area (Å²) >= 11 is 16.3. The molecule has 30 heavy (non-hydrogen) atoms.